The highest BCUT2D eigenvalue weighted by atomic mass is 35.5. The number of esters is 1. The van der Waals surface area contributed by atoms with E-state index in [4.69, 9.17) is 33.0 Å². The minimum atomic E-state index is -1.16. The van der Waals surface area contributed by atoms with Crippen molar-refractivity contribution in [3.63, 3.8) is 0 Å². The number of allylic oxidation sites excluding steroid dienone is 4. The molecule has 4 atom stereocenters. The summed E-state index contributed by atoms with van der Waals surface area (Å²) in [6.07, 6.45) is 9.29. The first-order chi connectivity index (χ1) is 18.1. The molecule has 0 bridgehead atoms. The topological polar surface area (TPSA) is 101 Å². The van der Waals surface area contributed by atoms with E-state index in [-0.39, 0.29) is 24.0 Å². The van der Waals surface area contributed by atoms with Crippen molar-refractivity contribution in [1.82, 2.24) is 0 Å². The van der Waals surface area contributed by atoms with Crippen LogP contribution in [0.5, 0.6) is 0 Å². The summed E-state index contributed by atoms with van der Waals surface area (Å²) in [5, 5.41) is 20.5. The number of ether oxygens (including phenoxy) is 1. The molecule has 2 aromatic rings. The van der Waals surface area contributed by atoms with Crippen molar-refractivity contribution in [3.8, 4) is 0 Å². The summed E-state index contributed by atoms with van der Waals surface area (Å²) >= 11 is 12.5. The maximum absolute atomic E-state index is 12.8. The van der Waals surface area contributed by atoms with Crippen molar-refractivity contribution in [1.29, 1.82) is 0 Å². The van der Waals surface area contributed by atoms with Crippen LogP contribution in [0.25, 0.3) is 5.03 Å². The quantitative estimate of drug-likeness (QED) is 0.266. The lowest BCUT2D eigenvalue weighted by atomic mass is 9.56. The predicted octanol–water partition coefficient (Wildman–Crippen LogP) is 7.09. The van der Waals surface area contributed by atoms with E-state index in [1.807, 2.05) is 19.1 Å². The van der Waals surface area contributed by atoms with E-state index in [9.17, 15) is 19.5 Å². The van der Waals surface area contributed by atoms with Crippen LogP contribution < -0.4 is 0 Å². The molecule has 8 heteroatoms. The normalized spacial score (nSPS) is 24.8. The first-order valence-corrected chi connectivity index (χ1v) is 13.1. The Kier molecular flexibility index (Phi) is 8.44. The Morgan fingerprint density at radius 1 is 1.03 bits per heavy atom. The number of carboxylic acid groups (broad SMARTS) is 2. The molecule has 0 saturated carbocycles. The number of carbonyl (C=O) groups excluding carboxylic acids is 1. The van der Waals surface area contributed by atoms with Crippen molar-refractivity contribution in [2.75, 3.05) is 6.61 Å². The fourth-order valence-electron chi connectivity index (χ4n) is 5.39. The van der Waals surface area contributed by atoms with Gasteiger partial charge in [-0.1, -0.05) is 65.2 Å². The van der Waals surface area contributed by atoms with Gasteiger partial charge in [0.15, 0.2) is 0 Å². The van der Waals surface area contributed by atoms with E-state index in [2.05, 4.69) is 0 Å². The van der Waals surface area contributed by atoms with Crippen LogP contribution in [-0.4, -0.2) is 34.7 Å². The van der Waals surface area contributed by atoms with Gasteiger partial charge in [0.2, 0.25) is 0 Å². The Bertz CT molecular complexity index is 1310. The maximum Gasteiger partial charge on any atom is 0.338 e. The lowest BCUT2D eigenvalue weighted by Crippen LogP contribution is -2.47. The molecule has 4 rings (SSSR count). The lowest BCUT2D eigenvalue weighted by molar-refractivity contribution is -0.152. The van der Waals surface area contributed by atoms with Gasteiger partial charge in [0, 0.05) is 16.0 Å². The number of benzene rings is 2. The zero-order valence-electron chi connectivity index (χ0n) is 20.8. The molecule has 198 valence electrons. The highest BCUT2D eigenvalue weighted by Crippen LogP contribution is 2.53. The van der Waals surface area contributed by atoms with E-state index < -0.39 is 29.2 Å². The van der Waals surface area contributed by atoms with Gasteiger partial charge in [0.25, 0.3) is 0 Å². The van der Waals surface area contributed by atoms with Crippen molar-refractivity contribution in [3.05, 3.63) is 100 Å². The lowest BCUT2D eigenvalue weighted by Gasteiger charge is -2.46. The third-order valence-electron chi connectivity index (χ3n) is 7.40. The van der Waals surface area contributed by atoms with Crippen LogP contribution in [0.1, 0.15) is 52.5 Å². The fourth-order valence-corrected chi connectivity index (χ4v) is 5.78. The molecule has 2 aliphatic rings. The number of aliphatic carboxylic acids is 1. The van der Waals surface area contributed by atoms with Crippen LogP contribution in [0.3, 0.4) is 0 Å². The first-order valence-electron chi connectivity index (χ1n) is 12.3. The Morgan fingerprint density at radius 3 is 2.29 bits per heavy atom. The zero-order valence-corrected chi connectivity index (χ0v) is 22.3. The second kappa shape index (κ2) is 11.6. The number of hydrogen-bond donors (Lipinski definition) is 2. The summed E-state index contributed by atoms with van der Waals surface area (Å²) in [5.74, 6) is -2.94. The smallest absolute Gasteiger partial charge is 0.338 e. The van der Waals surface area contributed by atoms with Gasteiger partial charge in [-0.3, -0.25) is 4.79 Å². The Labute approximate surface area is 231 Å². The highest BCUT2D eigenvalue weighted by molar-refractivity contribution is 6.48. The SMILES string of the molecule is CC1=C[C@@H](/C=C(\Cl)c2ccc(C(=O)O)cc2)[C@]2(C(=O)O)C=C[C@@H](CCOC(=O)c3ccc(Cl)cc3)C[C@@H]2C1. The Hall–Kier alpha value is -3.35. The molecular weight excluding hydrogens is 527 g/mol. The Balaban J connectivity index is 1.50. The van der Waals surface area contributed by atoms with Gasteiger partial charge >= 0.3 is 17.9 Å². The molecule has 2 N–H and O–H groups in total. The molecular formula is C30H28Cl2O6. The molecule has 0 amide bonds. The van der Waals surface area contributed by atoms with Crippen molar-refractivity contribution in [2.24, 2.45) is 23.2 Å². The summed E-state index contributed by atoms with van der Waals surface area (Å²) in [4.78, 5) is 36.2. The molecule has 0 fully saturated rings. The highest BCUT2D eigenvalue weighted by Gasteiger charge is 2.52. The predicted molar refractivity (Wildman–Crippen MR) is 146 cm³/mol. The van der Waals surface area contributed by atoms with E-state index in [0.717, 1.165) is 5.57 Å². The van der Waals surface area contributed by atoms with Gasteiger partial charge in [-0.05, 0) is 80.0 Å². The number of hydrogen-bond acceptors (Lipinski definition) is 4. The van der Waals surface area contributed by atoms with Crippen molar-refractivity contribution >= 4 is 46.1 Å². The molecule has 0 aliphatic heterocycles. The van der Waals surface area contributed by atoms with Gasteiger partial charge in [-0.15, -0.1) is 0 Å². The van der Waals surface area contributed by atoms with E-state index in [1.54, 1.807) is 48.6 Å². The molecule has 38 heavy (non-hydrogen) atoms. The maximum atomic E-state index is 12.8. The number of fused-ring (bicyclic) bond motifs is 1. The molecule has 0 aromatic heterocycles. The fraction of sp³-hybridized carbons (Fsp3) is 0.300. The molecule has 0 unspecified atom stereocenters. The number of carbonyl (C=O) groups is 3. The number of carboxylic acids is 2. The largest absolute Gasteiger partial charge is 0.481 e. The summed E-state index contributed by atoms with van der Waals surface area (Å²) in [7, 11) is 0. The van der Waals surface area contributed by atoms with Gasteiger partial charge in [0.1, 0.15) is 0 Å². The number of rotatable bonds is 8. The second-order valence-electron chi connectivity index (χ2n) is 9.86. The van der Waals surface area contributed by atoms with Gasteiger partial charge in [0.05, 0.1) is 23.1 Å². The molecule has 2 aromatic carbocycles. The van der Waals surface area contributed by atoms with Crippen molar-refractivity contribution in [2.45, 2.75) is 26.2 Å². The van der Waals surface area contributed by atoms with Crippen LogP contribution in [-0.2, 0) is 9.53 Å². The monoisotopic (exact) mass is 554 g/mol. The van der Waals surface area contributed by atoms with Crippen LogP contribution in [0.4, 0.5) is 0 Å². The van der Waals surface area contributed by atoms with Crippen LogP contribution in [0.15, 0.2) is 78.4 Å². The van der Waals surface area contributed by atoms with Crippen LogP contribution in [0.2, 0.25) is 5.02 Å². The second-order valence-corrected chi connectivity index (χ2v) is 10.7. The van der Waals surface area contributed by atoms with E-state index in [0.29, 0.717) is 40.4 Å². The molecule has 2 aliphatic carbocycles. The molecule has 0 radical (unpaired) electrons. The average molecular weight is 555 g/mol. The van der Waals surface area contributed by atoms with E-state index in [1.165, 1.54) is 12.1 Å². The van der Waals surface area contributed by atoms with Gasteiger partial charge in [-0.25, -0.2) is 9.59 Å². The molecule has 0 saturated heterocycles. The van der Waals surface area contributed by atoms with Crippen LogP contribution >= 0.6 is 23.2 Å². The first kappa shape index (κ1) is 27.7. The summed E-state index contributed by atoms with van der Waals surface area (Å²) in [6, 6.07) is 12.7. The van der Waals surface area contributed by atoms with Gasteiger partial charge in [-0.2, -0.15) is 0 Å². The number of halogens is 2. The van der Waals surface area contributed by atoms with Gasteiger partial charge < -0.3 is 14.9 Å². The molecule has 0 spiro atoms. The summed E-state index contributed by atoms with van der Waals surface area (Å²) < 4.78 is 5.44. The molecule has 0 heterocycles. The van der Waals surface area contributed by atoms with Crippen LogP contribution in [0, 0.1) is 23.2 Å². The third-order valence-corrected chi connectivity index (χ3v) is 7.99. The van der Waals surface area contributed by atoms with E-state index >= 15 is 0 Å². The summed E-state index contributed by atoms with van der Waals surface area (Å²) in [6.45, 7) is 2.21. The minimum absolute atomic E-state index is 0.0695. The molecule has 6 nitrogen and oxygen atoms in total. The average Bonchev–Trinajstić information content (AvgIpc) is 2.88. The third kappa shape index (κ3) is 5.87. The zero-order chi connectivity index (χ0) is 27.4. The summed E-state index contributed by atoms with van der Waals surface area (Å²) in [5.41, 5.74) is 1.12. The Morgan fingerprint density at radius 2 is 1.66 bits per heavy atom. The van der Waals surface area contributed by atoms with Crippen molar-refractivity contribution < 1.29 is 29.3 Å². The minimum Gasteiger partial charge on any atom is -0.481 e. The number of aromatic carboxylic acids is 1. The standard InChI is InChI=1S/C30H28Cl2O6/c1-18-14-23-16-19(11-13-38-28(35)22-6-8-25(31)9-7-22)10-12-30(23,29(36)37)24(15-18)17-26(32)20-2-4-21(5-3-20)27(33)34/h2-10,12,15,17,19,23-24H,11,13-14,16H2,1H3,(H,33,34)(H,36,37)/b26-17-/t19-,23-,24-,30-/m0/s1.